The Morgan fingerprint density at radius 1 is 0.282 bits per heavy atom. The number of rotatable bonds is 82. The molecule has 0 saturated carbocycles. The minimum atomic E-state index is -4.96. The van der Waals surface area contributed by atoms with E-state index in [1.54, 1.807) is 0 Å². The molecule has 103 heavy (non-hydrogen) atoms. The molecule has 0 heterocycles. The molecule has 0 rings (SSSR count). The number of phosphoric ester groups is 2. The summed E-state index contributed by atoms with van der Waals surface area (Å²) in [6.07, 6.45) is 63.6. The standard InChI is InChI=1S/C84H164O17P2/c1-8-11-12-13-14-15-16-29-37-44-51-58-65-81(86)94-72-80(101-84(89)68-61-54-47-40-33-32-36-43-50-57-64-77(7)10-3)74-99-103(92,93)97-70-78(85)69-96-102(90,91)98-73-79(71-95-82(87)66-59-52-45-38-30-26-25-27-34-41-48-55-62-75(4)5)100-83(88)67-60-53-46-39-31-24-22-20-18-17-19-21-23-28-35-42-49-56-63-76(6)9-2/h75-80,85H,8-74H2,1-7H3,(H,90,91)(H,92,93)/t76?,77?,78-,79-,80-/m1/s1. The number of ether oxygens (including phenoxy) is 4. The van der Waals surface area contributed by atoms with Crippen molar-refractivity contribution in [3.63, 3.8) is 0 Å². The summed E-state index contributed by atoms with van der Waals surface area (Å²) in [4.78, 5) is 73.2. The summed E-state index contributed by atoms with van der Waals surface area (Å²) in [7, 11) is -9.93. The van der Waals surface area contributed by atoms with Crippen molar-refractivity contribution in [3.8, 4) is 0 Å². The van der Waals surface area contributed by atoms with E-state index in [4.69, 9.17) is 37.0 Å². The molecule has 7 atom stereocenters. The monoisotopic (exact) mass is 1510 g/mol. The average molecular weight is 1510 g/mol. The second kappa shape index (κ2) is 74.2. The van der Waals surface area contributed by atoms with E-state index in [1.807, 2.05) is 0 Å². The van der Waals surface area contributed by atoms with Crippen molar-refractivity contribution in [3.05, 3.63) is 0 Å². The van der Waals surface area contributed by atoms with Crippen molar-refractivity contribution in [2.24, 2.45) is 17.8 Å². The molecule has 0 aliphatic rings. The molecule has 0 radical (unpaired) electrons. The minimum Gasteiger partial charge on any atom is -0.462 e. The lowest BCUT2D eigenvalue weighted by molar-refractivity contribution is -0.161. The highest BCUT2D eigenvalue weighted by Gasteiger charge is 2.30. The topological polar surface area (TPSA) is 237 Å². The Hall–Kier alpha value is -1.94. The van der Waals surface area contributed by atoms with Gasteiger partial charge in [0.25, 0.3) is 0 Å². The van der Waals surface area contributed by atoms with Crippen LogP contribution in [0.4, 0.5) is 0 Å². The molecule has 0 aromatic heterocycles. The van der Waals surface area contributed by atoms with Crippen LogP contribution in [0.1, 0.15) is 440 Å². The normalized spacial score (nSPS) is 14.4. The van der Waals surface area contributed by atoms with Crippen molar-refractivity contribution in [2.45, 2.75) is 458 Å². The van der Waals surface area contributed by atoms with E-state index in [0.29, 0.717) is 25.7 Å². The van der Waals surface area contributed by atoms with Crippen LogP contribution in [0.5, 0.6) is 0 Å². The third kappa shape index (κ3) is 75.3. The number of aliphatic hydroxyl groups excluding tert-OH is 1. The summed E-state index contributed by atoms with van der Waals surface area (Å²) in [6.45, 7) is 12.1. The lowest BCUT2D eigenvalue weighted by Gasteiger charge is -2.21. The zero-order valence-electron chi connectivity index (χ0n) is 67.8. The molecular weight excluding hydrogens is 1340 g/mol. The van der Waals surface area contributed by atoms with Gasteiger partial charge in [-0.1, -0.05) is 389 Å². The Bertz CT molecular complexity index is 2000. The third-order valence-corrected chi connectivity index (χ3v) is 22.3. The molecule has 0 spiro atoms. The first-order chi connectivity index (χ1) is 49.8. The van der Waals surface area contributed by atoms with Crippen LogP contribution in [0, 0.1) is 17.8 Å². The molecular formula is C84H164O17P2. The number of hydrogen-bond donors (Lipinski definition) is 3. The van der Waals surface area contributed by atoms with Gasteiger partial charge in [-0.15, -0.1) is 0 Å². The Labute approximate surface area is 632 Å². The van der Waals surface area contributed by atoms with Gasteiger partial charge in [0.05, 0.1) is 26.4 Å². The van der Waals surface area contributed by atoms with Crippen LogP contribution in [0.25, 0.3) is 0 Å². The fourth-order valence-electron chi connectivity index (χ4n) is 13.0. The fraction of sp³-hybridized carbons (Fsp3) is 0.952. The smallest absolute Gasteiger partial charge is 0.462 e. The van der Waals surface area contributed by atoms with Gasteiger partial charge in [0, 0.05) is 25.7 Å². The molecule has 0 amide bonds. The van der Waals surface area contributed by atoms with Crippen LogP contribution in [-0.4, -0.2) is 96.7 Å². The summed E-state index contributed by atoms with van der Waals surface area (Å²) in [5.41, 5.74) is 0. The van der Waals surface area contributed by atoms with Gasteiger partial charge in [-0.05, 0) is 43.4 Å². The Morgan fingerprint density at radius 2 is 0.495 bits per heavy atom. The maximum atomic E-state index is 13.1. The van der Waals surface area contributed by atoms with E-state index in [-0.39, 0.29) is 25.7 Å². The van der Waals surface area contributed by atoms with Crippen molar-refractivity contribution in [2.75, 3.05) is 39.6 Å². The zero-order valence-corrected chi connectivity index (χ0v) is 69.6. The van der Waals surface area contributed by atoms with E-state index >= 15 is 0 Å². The van der Waals surface area contributed by atoms with Gasteiger partial charge in [0.1, 0.15) is 19.3 Å². The number of unbranched alkanes of at least 4 members (excludes halogenated alkanes) is 48. The summed E-state index contributed by atoms with van der Waals surface area (Å²) in [5.74, 6) is 0.350. The second-order valence-electron chi connectivity index (χ2n) is 31.2. The van der Waals surface area contributed by atoms with Gasteiger partial charge in [0.15, 0.2) is 12.2 Å². The van der Waals surface area contributed by atoms with Crippen molar-refractivity contribution < 1.29 is 80.2 Å². The summed E-state index contributed by atoms with van der Waals surface area (Å²) >= 11 is 0. The minimum absolute atomic E-state index is 0.107. The molecule has 0 aliphatic heterocycles. The lowest BCUT2D eigenvalue weighted by Crippen LogP contribution is -2.30. The van der Waals surface area contributed by atoms with E-state index in [9.17, 15) is 43.2 Å². The number of carbonyl (C=O) groups is 4. The zero-order chi connectivity index (χ0) is 75.8. The van der Waals surface area contributed by atoms with E-state index in [1.165, 1.54) is 250 Å². The van der Waals surface area contributed by atoms with E-state index in [0.717, 1.165) is 108 Å². The largest absolute Gasteiger partial charge is 0.472 e. The predicted octanol–water partition coefficient (Wildman–Crippen LogP) is 25.3. The van der Waals surface area contributed by atoms with Crippen LogP contribution in [-0.2, 0) is 65.4 Å². The van der Waals surface area contributed by atoms with Crippen LogP contribution < -0.4 is 0 Å². The predicted molar refractivity (Wildman–Crippen MR) is 423 cm³/mol. The van der Waals surface area contributed by atoms with Crippen LogP contribution in [0.3, 0.4) is 0 Å². The Balaban J connectivity index is 5.24. The fourth-order valence-corrected chi connectivity index (χ4v) is 14.5. The second-order valence-corrected chi connectivity index (χ2v) is 34.1. The van der Waals surface area contributed by atoms with Gasteiger partial charge in [-0.2, -0.15) is 0 Å². The first-order valence-electron chi connectivity index (χ1n) is 43.4. The molecule has 4 unspecified atom stereocenters. The van der Waals surface area contributed by atoms with Gasteiger partial charge >= 0.3 is 39.5 Å². The first-order valence-corrected chi connectivity index (χ1v) is 46.4. The van der Waals surface area contributed by atoms with Crippen LogP contribution in [0.15, 0.2) is 0 Å². The van der Waals surface area contributed by atoms with Crippen molar-refractivity contribution in [1.82, 2.24) is 0 Å². The summed E-state index contributed by atoms with van der Waals surface area (Å²) in [5, 5.41) is 10.7. The summed E-state index contributed by atoms with van der Waals surface area (Å²) in [6, 6.07) is 0. The maximum absolute atomic E-state index is 13.1. The highest BCUT2D eigenvalue weighted by Crippen LogP contribution is 2.45. The highest BCUT2D eigenvalue weighted by atomic mass is 31.2. The van der Waals surface area contributed by atoms with Crippen LogP contribution in [0.2, 0.25) is 0 Å². The molecule has 0 aromatic rings. The molecule has 17 nitrogen and oxygen atoms in total. The molecule has 3 N–H and O–H groups in total. The molecule has 0 aromatic carbocycles. The first kappa shape index (κ1) is 101. The van der Waals surface area contributed by atoms with E-state index < -0.39 is 97.5 Å². The summed E-state index contributed by atoms with van der Waals surface area (Å²) < 4.78 is 68.8. The maximum Gasteiger partial charge on any atom is 0.472 e. The van der Waals surface area contributed by atoms with Crippen molar-refractivity contribution >= 4 is 39.5 Å². The molecule has 0 fully saturated rings. The van der Waals surface area contributed by atoms with E-state index in [2.05, 4.69) is 48.5 Å². The molecule has 0 saturated heterocycles. The molecule has 612 valence electrons. The number of phosphoric acid groups is 2. The number of carbonyl (C=O) groups excluding carboxylic acids is 4. The molecule has 0 aliphatic carbocycles. The molecule has 0 bridgehead atoms. The van der Waals surface area contributed by atoms with Crippen molar-refractivity contribution in [1.29, 1.82) is 0 Å². The van der Waals surface area contributed by atoms with Gasteiger partial charge in [0.2, 0.25) is 0 Å². The highest BCUT2D eigenvalue weighted by molar-refractivity contribution is 7.47. The van der Waals surface area contributed by atoms with Gasteiger partial charge < -0.3 is 33.8 Å². The quantitative estimate of drug-likeness (QED) is 0.0222. The third-order valence-electron chi connectivity index (χ3n) is 20.4. The number of esters is 4. The lowest BCUT2D eigenvalue weighted by atomic mass is 9.99. The Morgan fingerprint density at radius 3 is 0.738 bits per heavy atom. The SMILES string of the molecule is CCCCCCCCCCCCCCC(=O)OC[C@H](COP(=O)(O)OC[C@H](O)COP(=O)(O)OC[C@@H](COC(=O)CCCCCCCCCCCCCCC(C)C)OC(=O)CCCCCCCCCCCCCCCCCCCCC(C)CC)OC(=O)CCCCCCCCCCCCC(C)CC. The average Bonchev–Trinajstić information content (AvgIpc) is 0.927. The van der Waals surface area contributed by atoms with Gasteiger partial charge in [-0.25, -0.2) is 9.13 Å². The molecule has 19 heteroatoms. The number of hydrogen-bond acceptors (Lipinski definition) is 15. The van der Waals surface area contributed by atoms with Gasteiger partial charge in [-0.3, -0.25) is 37.3 Å². The number of aliphatic hydroxyl groups is 1. The Kier molecular flexibility index (Phi) is 72.8. The van der Waals surface area contributed by atoms with Crippen LogP contribution >= 0.6 is 15.6 Å².